The molecule has 0 aliphatic heterocycles. The van der Waals surface area contributed by atoms with Crippen molar-refractivity contribution < 1.29 is 4.74 Å². The minimum atomic E-state index is 0.588. The van der Waals surface area contributed by atoms with Crippen LogP contribution in [0, 0.1) is 0 Å². The number of anilines is 1. The topological polar surface area (TPSA) is 47.0 Å². The van der Waals surface area contributed by atoms with Crippen LogP contribution in [0.2, 0.25) is 0 Å². The summed E-state index contributed by atoms with van der Waals surface area (Å²) in [6.07, 6.45) is 3.64. The highest BCUT2D eigenvalue weighted by molar-refractivity contribution is 9.10. The summed E-state index contributed by atoms with van der Waals surface area (Å²) in [4.78, 5) is 9.84. The average Bonchev–Trinajstić information content (AvgIpc) is 2.92. The maximum Gasteiger partial charge on any atom is 0.232 e. The van der Waals surface area contributed by atoms with Crippen LogP contribution in [-0.4, -0.2) is 23.1 Å². The highest BCUT2D eigenvalue weighted by atomic mass is 79.9. The van der Waals surface area contributed by atoms with Gasteiger partial charge in [-0.05, 0) is 33.8 Å². The van der Waals surface area contributed by atoms with Gasteiger partial charge in [-0.15, -0.1) is 11.3 Å². The van der Waals surface area contributed by atoms with Gasteiger partial charge in [0, 0.05) is 17.8 Å². The van der Waals surface area contributed by atoms with E-state index in [2.05, 4.69) is 49.6 Å². The number of hydrogen-bond donors (Lipinski definition) is 1. The Kier molecular flexibility index (Phi) is 5.60. The Hall–Kier alpha value is -1.14. The second-order valence-corrected chi connectivity index (χ2v) is 5.84. The standard InChI is InChI=1S/C13H16BrN3OS/c1-2-6-15-13-16-9-11(14)12(17-13)18-7-5-10-4-3-8-19-10/h3-4,8-9H,2,5-7H2,1H3,(H,15,16,17). The van der Waals surface area contributed by atoms with Crippen LogP contribution in [-0.2, 0) is 6.42 Å². The van der Waals surface area contributed by atoms with Crippen molar-refractivity contribution in [1.82, 2.24) is 9.97 Å². The van der Waals surface area contributed by atoms with Crippen molar-refractivity contribution in [3.05, 3.63) is 33.1 Å². The molecule has 0 fully saturated rings. The van der Waals surface area contributed by atoms with Crippen molar-refractivity contribution in [2.45, 2.75) is 19.8 Å². The van der Waals surface area contributed by atoms with Gasteiger partial charge in [-0.1, -0.05) is 13.0 Å². The molecule has 0 unspecified atom stereocenters. The predicted octanol–water partition coefficient (Wildman–Crippen LogP) is 3.74. The molecule has 0 amide bonds. The van der Waals surface area contributed by atoms with Gasteiger partial charge in [0.05, 0.1) is 17.3 Å². The monoisotopic (exact) mass is 341 g/mol. The first-order chi connectivity index (χ1) is 9.29. The molecule has 19 heavy (non-hydrogen) atoms. The first kappa shape index (κ1) is 14.3. The molecule has 0 radical (unpaired) electrons. The molecule has 2 rings (SSSR count). The largest absolute Gasteiger partial charge is 0.476 e. The molecule has 4 nitrogen and oxygen atoms in total. The number of thiophene rings is 1. The van der Waals surface area contributed by atoms with Gasteiger partial charge in [-0.3, -0.25) is 0 Å². The fraction of sp³-hybridized carbons (Fsp3) is 0.385. The molecule has 0 saturated carbocycles. The average molecular weight is 342 g/mol. The van der Waals surface area contributed by atoms with Crippen LogP contribution in [0.15, 0.2) is 28.2 Å². The lowest BCUT2D eigenvalue weighted by Gasteiger charge is -2.08. The molecule has 0 aliphatic carbocycles. The lowest BCUT2D eigenvalue weighted by atomic mass is 10.4. The summed E-state index contributed by atoms with van der Waals surface area (Å²) in [5.74, 6) is 1.20. The van der Waals surface area contributed by atoms with E-state index in [4.69, 9.17) is 4.74 Å². The summed E-state index contributed by atoms with van der Waals surface area (Å²) in [7, 11) is 0. The summed E-state index contributed by atoms with van der Waals surface area (Å²) >= 11 is 5.14. The quantitative estimate of drug-likeness (QED) is 0.833. The Balaban J connectivity index is 1.90. The van der Waals surface area contributed by atoms with E-state index in [0.717, 1.165) is 23.9 Å². The first-order valence-corrected chi connectivity index (χ1v) is 7.88. The molecule has 0 saturated heterocycles. The second kappa shape index (κ2) is 7.45. The zero-order valence-corrected chi connectivity index (χ0v) is 13.1. The van der Waals surface area contributed by atoms with Gasteiger partial charge in [-0.2, -0.15) is 4.98 Å². The van der Waals surface area contributed by atoms with Crippen molar-refractivity contribution in [3.63, 3.8) is 0 Å². The summed E-state index contributed by atoms with van der Waals surface area (Å²) in [6, 6.07) is 4.16. The van der Waals surface area contributed by atoms with Gasteiger partial charge >= 0.3 is 0 Å². The fourth-order valence-corrected chi connectivity index (χ4v) is 2.47. The van der Waals surface area contributed by atoms with E-state index in [1.165, 1.54) is 4.88 Å². The Morgan fingerprint density at radius 3 is 3.11 bits per heavy atom. The zero-order chi connectivity index (χ0) is 13.5. The van der Waals surface area contributed by atoms with Crippen molar-refractivity contribution in [1.29, 1.82) is 0 Å². The molecule has 0 bridgehead atoms. The van der Waals surface area contributed by atoms with Gasteiger partial charge in [0.2, 0.25) is 11.8 Å². The van der Waals surface area contributed by atoms with Crippen LogP contribution in [0.1, 0.15) is 18.2 Å². The van der Waals surface area contributed by atoms with Gasteiger partial charge < -0.3 is 10.1 Å². The van der Waals surface area contributed by atoms with E-state index in [1.54, 1.807) is 17.5 Å². The Labute approximate surface area is 125 Å². The number of ether oxygens (including phenoxy) is 1. The van der Waals surface area contributed by atoms with Crippen molar-refractivity contribution >= 4 is 33.2 Å². The molecule has 6 heteroatoms. The minimum Gasteiger partial charge on any atom is -0.476 e. The SMILES string of the molecule is CCCNc1ncc(Br)c(OCCc2cccs2)n1. The summed E-state index contributed by atoms with van der Waals surface area (Å²) in [5, 5.41) is 5.22. The molecular formula is C13H16BrN3OS. The van der Waals surface area contributed by atoms with Crippen molar-refractivity contribution in [2.24, 2.45) is 0 Å². The molecule has 0 atom stereocenters. The maximum absolute atomic E-state index is 5.70. The molecule has 2 aromatic rings. The molecule has 0 aliphatic rings. The van der Waals surface area contributed by atoms with Crippen molar-refractivity contribution in [3.8, 4) is 5.88 Å². The number of hydrogen-bond acceptors (Lipinski definition) is 5. The number of halogens is 1. The van der Waals surface area contributed by atoms with E-state index in [0.29, 0.717) is 18.4 Å². The van der Waals surface area contributed by atoms with Gasteiger partial charge in [0.25, 0.3) is 0 Å². The fourth-order valence-electron chi connectivity index (χ4n) is 1.48. The van der Waals surface area contributed by atoms with Crippen LogP contribution >= 0.6 is 27.3 Å². The third-order valence-electron chi connectivity index (χ3n) is 2.41. The normalized spacial score (nSPS) is 10.4. The molecule has 2 aromatic heterocycles. The van der Waals surface area contributed by atoms with Crippen molar-refractivity contribution in [2.75, 3.05) is 18.5 Å². The zero-order valence-electron chi connectivity index (χ0n) is 10.7. The smallest absolute Gasteiger partial charge is 0.232 e. The van der Waals surface area contributed by atoms with Crippen LogP contribution < -0.4 is 10.1 Å². The van der Waals surface area contributed by atoms with Crippen LogP contribution in [0.5, 0.6) is 5.88 Å². The molecule has 1 N–H and O–H groups in total. The highest BCUT2D eigenvalue weighted by Gasteiger charge is 2.06. The van der Waals surface area contributed by atoms with E-state index in [9.17, 15) is 0 Å². The minimum absolute atomic E-state index is 0.588. The van der Waals surface area contributed by atoms with E-state index >= 15 is 0 Å². The lowest BCUT2D eigenvalue weighted by Crippen LogP contribution is -2.07. The number of rotatable bonds is 7. The maximum atomic E-state index is 5.70. The highest BCUT2D eigenvalue weighted by Crippen LogP contribution is 2.23. The Bertz CT molecular complexity index is 505. The molecule has 2 heterocycles. The Morgan fingerprint density at radius 1 is 1.47 bits per heavy atom. The molecule has 0 spiro atoms. The van der Waals surface area contributed by atoms with Crippen LogP contribution in [0.3, 0.4) is 0 Å². The first-order valence-electron chi connectivity index (χ1n) is 6.21. The second-order valence-electron chi connectivity index (χ2n) is 3.95. The van der Waals surface area contributed by atoms with Gasteiger partial charge in [0.15, 0.2) is 0 Å². The number of nitrogens with zero attached hydrogens (tertiary/aromatic N) is 2. The third-order valence-corrected chi connectivity index (χ3v) is 3.89. The summed E-state index contributed by atoms with van der Waals surface area (Å²) in [6.45, 7) is 3.57. The summed E-state index contributed by atoms with van der Waals surface area (Å²) < 4.78 is 6.48. The van der Waals surface area contributed by atoms with Crippen LogP contribution in [0.25, 0.3) is 0 Å². The van der Waals surface area contributed by atoms with Gasteiger partial charge in [0.1, 0.15) is 0 Å². The number of aromatic nitrogens is 2. The van der Waals surface area contributed by atoms with Crippen LogP contribution in [0.4, 0.5) is 5.95 Å². The van der Waals surface area contributed by atoms with E-state index in [-0.39, 0.29) is 0 Å². The Morgan fingerprint density at radius 2 is 2.37 bits per heavy atom. The van der Waals surface area contributed by atoms with E-state index < -0.39 is 0 Å². The lowest BCUT2D eigenvalue weighted by molar-refractivity contribution is 0.308. The molecule has 102 valence electrons. The van der Waals surface area contributed by atoms with E-state index in [1.807, 2.05) is 6.07 Å². The molecule has 0 aromatic carbocycles. The molecular weight excluding hydrogens is 326 g/mol. The predicted molar refractivity (Wildman–Crippen MR) is 82.0 cm³/mol. The number of nitrogens with one attached hydrogen (secondary N) is 1. The van der Waals surface area contributed by atoms with Gasteiger partial charge in [-0.25, -0.2) is 4.98 Å². The summed E-state index contributed by atoms with van der Waals surface area (Å²) in [5.41, 5.74) is 0. The third kappa shape index (κ3) is 4.47.